The summed E-state index contributed by atoms with van der Waals surface area (Å²) in [6, 6.07) is 17.0. The van der Waals surface area contributed by atoms with E-state index in [1.807, 2.05) is 0 Å². The van der Waals surface area contributed by atoms with Crippen LogP contribution in [-0.2, 0) is 12.8 Å². The van der Waals surface area contributed by atoms with E-state index in [9.17, 15) is 0 Å². The van der Waals surface area contributed by atoms with Gasteiger partial charge >= 0.3 is 0 Å². The van der Waals surface area contributed by atoms with E-state index in [0.717, 1.165) is 24.3 Å². The van der Waals surface area contributed by atoms with E-state index in [-0.39, 0.29) is 9.03 Å². The van der Waals surface area contributed by atoms with Crippen LogP contribution in [0.2, 0.25) is 0 Å². The van der Waals surface area contributed by atoms with Crippen LogP contribution in [0.15, 0.2) is 48.5 Å². The van der Waals surface area contributed by atoms with Gasteiger partial charge in [-0.25, -0.2) is 0 Å². The molecule has 2 rings (SSSR count). The first-order valence-corrected chi connectivity index (χ1v) is 14.4. The molecule has 0 aliphatic rings. The molecule has 2 aromatic rings. The Balaban J connectivity index is 1.54. The van der Waals surface area contributed by atoms with Gasteiger partial charge in [-0.05, 0) is 61.1 Å². The third kappa shape index (κ3) is 13.7. The topological polar surface area (TPSA) is 18.5 Å². The largest absolute Gasteiger partial charge is 0.441 e. The predicted molar refractivity (Wildman–Crippen MR) is 146 cm³/mol. The van der Waals surface area contributed by atoms with E-state index in [2.05, 4.69) is 62.4 Å². The molecule has 0 atom stereocenters. The number of unbranched alkanes of at least 4 members (excludes halogenated alkanes) is 12. The molecule has 0 heterocycles. The van der Waals surface area contributed by atoms with Crippen molar-refractivity contribution in [2.45, 2.75) is 117 Å². The summed E-state index contributed by atoms with van der Waals surface area (Å²) in [5.74, 6) is 1.76. The number of aryl methyl sites for hydroxylation is 2. The molecular formula is C30H47O2P. The van der Waals surface area contributed by atoms with Gasteiger partial charge in [0.2, 0.25) is 0 Å². The Morgan fingerprint density at radius 1 is 0.455 bits per heavy atom. The zero-order valence-corrected chi connectivity index (χ0v) is 22.2. The van der Waals surface area contributed by atoms with Crippen LogP contribution in [0.25, 0.3) is 0 Å². The van der Waals surface area contributed by atoms with Gasteiger partial charge in [0.1, 0.15) is 11.5 Å². The fourth-order valence-corrected chi connectivity index (χ4v) is 4.64. The molecule has 3 heteroatoms. The molecule has 0 aromatic heterocycles. The van der Waals surface area contributed by atoms with E-state index in [1.165, 1.54) is 101 Å². The Kier molecular flexibility index (Phi) is 15.8. The molecule has 0 N–H and O–H groups in total. The summed E-state index contributed by atoms with van der Waals surface area (Å²) in [7, 11) is -0.0186. The van der Waals surface area contributed by atoms with Gasteiger partial charge in [0.25, 0.3) is 9.03 Å². The van der Waals surface area contributed by atoms with Crippen LogP contribution in [-0.4, -0.2) is 0 Å². The molecule has 184 valence electrons. The number of hydrogen-bond acceptors (Lipinski definition) is 2. The smallest absolute Gasteiger partial charge is 0.275 e. The van der Waals surface area contributed by atoms with Crippen LogP contribution in [0.3, 0.4) is 0 Å². The molecule has 0 radical (unpaired) electrons. The first kappa shape index (κ1) is 27.7. The summed E-state index contributed by atoms with van der Waals surface area (Å²) in [5.41, 5.74) is 2.80. The molecule has 0 aliphatic heterocycles. The molecule has 0 saturated heterocycles. The lowest BCUT2D eigenvalue weighted by Crippen LogP contribution is -1.89. The van der Waals surface area contributed by atoms with Gasteiger partial charge in [0.05, 0.1) is 0 Å². The Hall–Kier alpha value is -1.53. The highest BCUT2D eigenvalue weighted by Gasteiger charge is 2.00. The van der Waals surface area contributed by atoms with Gasteiger partial charge in [-0.1, -0.05) is 115 Å². The van der Waals surface area contributed by atoms with Gasteiger partial charge in [0.15, 0.2) is 0 Å². The normalized spacial score (nSPS) is 11.0. The quantitative estimate of drug-likeness (QED) is 0.141. The van der Waals surface area contributed by atoms with Crippen molar-refractivity contribution in [3.8, 4) is 11.5 Å². The minimum absolute atomic E-state index is 0.0186. The van der Waals surface area contributed by atoms with Crippen LogP contribution < -0.4 is 9.05 Å². The average molecular weight is 471 g/mol. The van der Waals surface area contributed by atoms with Crippen molar-refractivity contribution < 1.29 is 9.05 Å². The summed E-state index contributed by atoms with van der Waals surface area (Å²) in [6.07, 6.45) is 21.3. The number of rotatable bonds is 20. The van der Waals surface area contributed by atoms with E-state index in [0.29, 0.717) is 0 Å². The second-order valence-electron chi connectivity index (χ2n) is 9.32. The van der Waals surface area contributed by atoms with Crippen molar-refractivity contribution in [2.24, 2.45) is 0 Å². The molecule has 2 nitrogen and oxygen atoms in total. The summed E-state index contributed by atoms with van der Waals surface area (Å²) in [6.45, 7) is 4.55. The third-order valence-electron chi connectivity index (χ3n) is 6.30. The van der Waals surface area contributed by atoms with E-state index < -0.39 is 0 Å². The summed E-state index contributed by atoms with van der Waals surface area (Å²) >= 11 is 0. The van der Waals surface area contributed by atoms with Gasteiger partial charge in [-0.15, -0.1) is 0 Å². The maximum Gasteiger partial charge on any atom is 0.275 e. The van der Waals surface area contributed by atoms with E-state index >= 15 is 0 Å². The Morgan fingerprint density at radius 3 is 1.15 bits per heavy atom. The Bertz CT molecular complexity index is 635. The second-order valence-corrected chi connectivity index (χ2v) is 9.89. The van der Waals surface area contributed by atoms with Gasteiger partial charge in [-0.2, -0.15) is 0 Å². The van der Waals surface area contributed by atoms with Crippen molar-refractivity contribution in [3.63, 3.8) is 0 Å². The van der Waals surface area contributed by atoms with Crippen molar-refractivity contribution in [1.82, 2.24) is 0 Å². The summed E-state index contributed by atoms with van der Waals surface area (Å²) in [5, 5.41) is 0. The monoisotopic (exact) mass is 470 g/mol. The Labute approximate surface area is 205 Å². The minimum Gasteiger partial charge on any atom is -0.441 e. The van der Waals surface area contributed by atoms with Gasteiger partial charge in [0, 0.05) is 0 Å². The zero-order valence-electron chi connectivity index (χ0n) is 21.2. The average Bonchev–Trinajstić information content (AvgIpc) is 2.85. The first-order valence-electron chi connectivity index (χ1n) is 13.6. The highest BCUT2D eigenvalue weighted by atomic mass is 31.1. The molecule has 0 saturated carbocycles. The van der Waals surface area contributed by atoms with Crippen LogP contribution in [0.1, 0.15) is 115 Å². The molecule has 0 bridgehead atoms. The predicted octanol–water partition coefficient (Wildman–Crippen LogP) is 10.2. The summed E-state index contributed by atoms with van der Waals surface area (Å²) in [4.78, 5) is 0. The molecule has 33 heavy (non-hydrogen) atoms. The van der Waals surface area contributed by atoms with E-state index in [4.69, 9.17) is 9.05 Å². The molecule has 0 amide bonds. The zero-order chi connectivity index (χ0) is 23.4. The molecule has 0 spiro atoms. The maximum atomic E-state index is 5.80. The molecule has 0 fully saturated rings. The van der Waals surface area contributed by atoms with Gasteiger partial charge < -0.3 is 9.05 Å². The first-order chi connectivity index (χ1) is 16.3. The lowest BCUT2D eigenvalue weighted by molar-refractivity contribution is 0.515. The number of benzene rings is 2. The minimum atomic E-state index is -0.0186. The lowest BCUT2D eigenvalue weighted by atomic mass is 10.0. The van der Waals surface area contributed by atoms with Crippen molar-refractivity contribution in [2.75, 3.05) is 0 Å². The van der Waals surface area contributed by atoms with E-state index in [1.54, 1.807) is 0 Å². The molecule has 2 aromatic carbocycles. The van der Waals surface area contributed by atoms with Crippen molar-refractivity contribution in [1.29, 1.82) is 0 Å². The lowest BCUT2D eigenvalue weighted by Gasteiger charge is -2.09. The highest BCUT2D eigenvalue weighted by Crippen LogP contribution is 2.26. The third-order valence-corrected chi connectivity index (χ3v) is 6.94. The standard InChI is InChI=1S/C30H47O2P/c1-3-5-7-9-11-13-15-17-27-19-23-29(24-20-27)31-33-32-30-25-21-28(22-26-30)18-16-14-12-10-8-6-4-2/h19-26,33H,3-18H2,1-2H3. The molecule has 0 aliphatic carbocycles. The van der Waals surface area contributed by atoms with Gasteiger partial charge in [-0.3, -0.25) is 0 Å². The molecular weight excluding hydrogens is 423 g/mol. The van der Waals surface area contributed by atoms with Crippen LogP contribution in [0.5, 0.6) is 11.5 Å². The van der Waals surface area contributed by atoms with Crippen molar-refractivity contribution >= 4 is 9.03 Å². The summed E-state index contributed by atoms with van der Waals surface area (Å²) < 4.78 is 11.6. The van der Waals surface area contributed by atoms with Crippen LogP contribution >= 0.6 is 9.03 Å². The highest BCUT2D eigenvalue weighted by molar-refractivity contribution is 7.27. The SMILES string of the molecule is CCCCCCCCCc1ccc(OPOc2ccc(CCCCCCCCC)cc2)cc1. The fraction of sp³-hybridized carbons (Fsp3) is 0.600. The Morgan fingerprint density at radius 2 is 0.788 bits per heavy atom. The number of hydrogen-bond donors (Lipinski definition) is 0. The second kappa shape index (κ2) is 18.8. The molecule has 0 unspecified atom stereocenters. The maximum absolute atomic E-state index is 5.80. The van der Waals surface area contributed by atoms with Crippen LogP contribution in [0, 0.1) is 0 Å². The van der Waals surface area contributed by atoms with Crippen LogP contribution in [0.4, 0.5) is 0 Å². The van der Waals surface area contributed by atoms with Crippen molar-refractivity contribution in [3.05, 3.63) is 59.7 Å². The fourth-order valence-electron chi connectivity index (χ4n) is 4.14.